The first-order chi connectivity index (χ1) is 42.8. The van der Waals surface area contributed by atoms with Gasteiger partial charge in [-0.1, -0.05) is 133 Å². The summed E-state index contributed by atoms with van der Waals surface area (Å²) in [6.45, 7) is 9.21. The van der Waals surface area contributed by atoms with Crippen molar-refractivity contribution in [2.75, 3.05) is 14.2 Å². The van der Waals surface area contributed by atoms with E-state index >= 15 is 0 Å². The van der Waals surface area contributed by atoms with Crippen LogP contribution in [0.3, 0.4) is 0 Å². The molecule has 89 heavy (non-hydrogen) atoms. The van der Waals surface area contributed by atoms with E-state index in [0.717, 1.165) is 59.0 Å². The number of hydrogen-bond acceptors (Lipinski definition) is 14. The summed E-state index contributed by atoms with van der Waals surface area (Å²) in [5, 5.41) is 20.1. The van der Waals surface area contributed by atoms with Gasteiger partial charge in [-0.15, -0.1) is 0 Å². The molecule has 1 aromatic heterocycles. The minimum Gasteiger partial charge on any atom is -0.507 e. The third kappa shape index (κ3) is 17.7. The Balaban J connectivity index is 0.000000225. The summed E-state index contributed by atoms with van der Waals surface area (Å²) in [6.07, 6.45) is 5.67. The van der Waals surface area contributed by atoms with Crippen LogP contribution in [0, 0.1) is 39.0 Å². The van der Waals surface area contributed by atoms with Crippen molar-refractivity contribution in [1.82, 2.24) is 4.98 Å². The van der Waals surface area contributed by atoms with Crippen molar-refractivity contribution >= 4 is 103 Å². The number of aromatic nitrogens is 1. The topological polar surface area (TPSA) is 190 Å². The van der Waals surface area contributed by atoms with Crippen LogP contribution in [0.2, 0.25) is 20.1 Å². The van der Waals surface area contributed by atoms with Crippen LogP contribution in [0.1, 0.15) is 97.1 Å². The number of halogens is 6. The van der Waals surface area contributed by atoms with E-state index in [-0.39, 0.29) is 46.7 Å². The highest BCUT2D eigenvalue weighted by molar-refractivity contribution is 9.10. The number of aromatic hydroxyl groups is 1. The number of carbonyl (C=O) groups is 4. The molecule has 456 valence electrons. The number of carbonyl (C=O) groups excluding carboxylic acids is 4. The smallest absolute Gasteiger partial charge is 0.153 e. The molecule has 0 aliphatic rings. The molecule has 9 aromatic rings. The zero-order chi connectivity index (χ0) is 64.3. The van der Waals surface area contributed by atoms with E-state index in [9.17, 15) is 24.3 Å². The van der Waals surface area contributed by atoms with Gasteiger partial charge in [-0.25, -0.2) is 0 Å². The summed E-state index contributed by atoms with van der Waals surface area (Å²) in [6, 6.07) is 39.6. The van der Waals surface area contributed by atoms with Gasteiger partial charge in [-0.3, -0.25) is 24.2 Å². The number of pyridine rings is 1. The van der Waals surface area contributed by atoms with Crippen molar-refractivity contribution in [2.45, 2.75) is 60.7 Å². The second-order valence-electron chi connectivity index (χ2n) is 19.5. The van der Waals surface area contributed by atoms with Gasteiger partial charge in [-0.05, 0) is 132 Å². The number of nitrogens with zero attached hydrogens (tertiary/aromatic N) is 2. The molecule has 1 N–H and O–H groups in total. The molecule has 0 aliphatic carbocycles. The van der Waals surface area contributed by atoms with E-state index in [2.05, 4.69) is 36.8 Å². The summed E-state index contributed by atoms with van der Waals surface area (Å²) in [7, 11) is 3.00. The molecule has 0 unspecified atom stereocenters. The summed E-state index contributed by atoms with van der Waals surface area (Å²) in [5.74, 6) is 2.89. The van der Waals surface area contributed by atoms with Gasteiger partial charge in [0, 0.05) is 55.7 Å². The van der Waals surface area contributed by atoms with Crippen LogP contribution < -0.4 is 33.2 Å². The Kier molecular flexibility index (Phi) is 25.0. The van der Waals surface area contributed by atoms with Crippen molar-refractivity contribution in [2.24, 2.45) is 0 Å². The third-order valence-corrected chi connectivity index (χ3v) is 16.9. The van der Waals surface area contributed by atoms with Crippen LogP contribution in [-0.2, 0) is 33.0 Å². The SMILES string of the molecule is COc1cc(COc2cccc(-c3cccc(COc4cc(OCc5cncc(C#N)c5)c(C=O)cc4Cl)c3C)c2C)c(Cl)cc1C=O.COc1cc(OCc2cccc(Br)c2C)c(Cl)cc1C=O.Cc1c(Br)cccc1COc1cc(O)c(C=O)cc1Cl. The summed E-state index contributed by atoms with van der Waals surface area (Å²) in [4.78, 5) is 48.8. The fourth-order valence-electron chi connectivity index (χ4n) is 8.78. The highest BCUT2D eigenvalue weighted by Crippen LogP contribution is 2.39. The first-order valence-corrected chi connectivity index (χ1v) is 30.0. The van der Waals surface area contributed by atoms with Crippen molar-refractivity contribution < 1.29 is 57.4 Å². The molecule has 8 aromatic carbocycles. The Hall–Kier alpha value is -8.40. The average molecular weight is 1410 g/mol. The van der Waals surface area contributed by atoms with E-state index in [1.54, 1.807) is 36.5 Å². The number of hydrogen-bond donors (Lipinski definition) is 1. The van der Waals surface area contributed by atoms with Gasteiger partial charge in [0.25, 0.3) is 0 Å². The molecular weight excluding hydrogens is 1350 g/mol. The van der Waals surface area contributed by atoms with Crippen LogP contribution in [0.4, 0.5) is 0 Å². The van der Waals surface area contributed by atoms with Crippen LogP contribution in [0.15, 0.2) is 149 Å². The molecule has 9 rings (SSSR count). The largest absolute Gasteiger partial charge is 0.507 e. The normalized spacial score (nSPS) is 10.5. The fraction of sp³-hybridized carbons (Fsp3) is 0.159. The lowest BCUT2D eigenvalue weighted by Crippen LogP contribution is -2.03. The van der Waals surface area contributed by atoms with E-state index in [4.69, 9.17) is 84.8 Å². The van der Waals surface area contributed by atoms with E-state index in [0.29, 0.717) is 116 Å². The predicted molar refractivity (Wildman–Crippen MR) is 352 cm³/mol. The quantitative estimate of drug-likeness (QED) is 0.0631. The Morgan fingerprint density at radius 1 is 0.449 bits per heavy atom. The number of nitriles is 1. The molecule has 0 atom stereocenters. The molecule has 0 aliphatic heterocycles. The van der Waals surface area contributed by atoms with Crippen LogP contribution in [0.25, 0.3) is 11.1 Å². The van der Waals surface area contributed by atoms with Crippen LogP contribution >= 0.6 is 78.3 Å². The monoisotopic (exact) mass is 1400 g/mol. The Bertz CT molecular complexity index is 4120. The molecule has 1 heterocycles. The van der Waals surface area contributed by atoms with Gasteiger partial charge in [-0.2, -0.15) is 5.26 Å². The molecular formula is C69H56Br2Cl4N2O12. The minimum atomic E-state index is -0.148. The second kappa shape index (κ2) is 32.7. The number of methoxy groups -OCH3 is 2. The Morgan fingerprint density at radius 3 is 1.39 bits per heavy atom. The van der Waals surface area contributed by atoms with Gasteiger partial charge in [0.05, 0.1) is 57.1 Å². The molecule has 0 saturated heterocycles. The minimum absolute atomic E-state index is 0.0986. The average Bonchev–Trinajstić information content (AvgIpc) is 2.48. The number of aldehydes is 4. The second-order valence-corrected chi connectivity index (χ2v) is 22.9. The molecule has 0 radical (unpaired) electrons. The van der Waals surface area contributed by atoms with E-state index in [1.807, 2.05) is 107 Å². The van der Waals surface area contributed by atoms with Crippen molar-refractivity contribution in [3.8, 4) is 63.2 Å². The first kappa shape index (κ1) is 68.1. The van der Waals surface area contributed by atoms with Crippen molar-refractivity contribution in [3.05, 3.63) is 247 Å². The van der Waals surface area contributed by atoms with Crippen molar-refractivity contribution in [1.29, 1.82) is 5.26 Å². The summed E-state index contributed by atoms with van der Waals surface area (Å²) < 4.78 is 42.1. The number of ether oxygens (including phenoxy) is 7. The highest BCUT2D eigenvalue weighted by atomic mass is 79.9. The lowest BCUT2D eigenvalue weighted by molar-refractivity contribution is 0.111. The van der Waals surface area contributed by atoms with E-state index in [1.165, 1.54) is 44.7 Å². The van der Waals surface area contributed by atoms with Gasteiger partial charge >= 0.3 is 0 Å². The molecule has 0 spiro atoms. The zero-order valence-electron chi connectivity index (χ0n) is 48.7. The standard InChI is InChI=1S/C38H30Cl2N2O6.C16H14BrClO3.C15H12BrClO3/c1-23-27(21-48-38-14-37(29(19-44)12-34(38)40)46-20-26-10-25(15-41)16-42-17-26)6-4-7-31(23)32-8-5-9-35(24(32)2)47-22-30-13-36(45-3)28(18-43)11-33(30)39;1-10-11(4-3-5-13(10)17)9-21-16-7-15(20-2)12(8-19)6-14(16)18;1-9-10(3-2-4-12(9)16)8-20-15-6-14(19)11(7-18)5-13(15)17/h4-14,16-19H,20-22H2,1-3H3;3-8H,9H2,1-2H3;2-7,19H,8H2,1H3. The number of phenols is 1. The van der Waals surface area contributed by atoms with Crippen LogP contribution in [0.5, 0.6) is 46.0 Å². The lowest BCUT2D eigenvalue weighted by atomic mass is 9.93. The zero-order valence-corrected chi connectivity index (χ0v) is 54.9. The molecule has 0 amide bonds. The molecule has 0 saturated carbocycles. The number of phenolic OH excluding ortho intramolecular Hbond substituents is 1. The van der Waals surface area contributed by atoms with Crippen molar-refractivity contribution in [3.63, 3.8) is 0 Å². The van der Waals surface area contributed by atoms with Gasteiger partial charge < -0.3 is 38.3 Å². The maximum absolute atomic E-state index is 11.8. The van der Waals surface area contributed by atoms with E-state index < -0.39 is 0 Å². The lowest BCUT2D eigenvalue weighted by Gasteiger charge is -2.18. The molecule has 20 heteroatoms. The molecule has 0 fully saturated rings. The van der Waals surface area contributed by atoms with Gasteiger partial charge in [0.15, 0.2) is 25.1 Å². The Morgan fingerprint density at radius 2 is 0.865 bits per heavy atom. The molecule has 0 bridgehead atoms. The number of benzene rings is 8. The Labute approximate surface area is 552 Å². The maximum atomic E-state index is 11.8. The third-order valence-electron chi connectivity index (χ3n) is 14.0. The number of rotatable bonds is 22. The maximum Gasteiger partial charge on any atom is 0.153 e. The fourth-order valence-corrected chi connectivity index (χ4v) is 10.5. The van der Waals surface area contributed by atoms with Gasteiger partial charge in [0.2, 0.25) is 0 Å². The molecule has 14 nitrogen and oxygen atoms in total. The highest BCUT2D eigenvalue weighted by Gasteiger charge is 2.18. The summed E-state index contributed by atoms with van der Waals surface area (Å²) in [5.41, 5.74) is 12.1. The van der Waals surface area contributed by atoms with Gasteiger partial charge in [0.1, 0.15) is 85.1 Å². The van der Waals surface area contributed by atoms with Crippen LogP contribution in [-0.4, -0.2) is 49.5 Å². The predicted octanol–water partition coefficient (Wildman–Crippen LogP) is 18.2. The first-order valence-electron chi connectivity index (χ1n) is 26.9. The summed E-state index contributed by atoms with van der Waals surface area (Å²) >= 11 is 32.0.